The molecule has 1 radical (unpaired) electrons. The summed E-state index contributed by atoms with van der Waals surface area (Å²) in [4.78, 5) is 17.8. The number of rotatable bonds is 0. The van der Waals surface area contributed by atoms with Crippen LogP contribution in [-0.4, -0.2) is 11.9 Å². The number of carboxylic acids is 2. The van der Waals surface area contributed by atoms with E-state index < -0.39 is 11.9 Å². The van der Waals surface area contributed by atoms with Gasteiger partial charge in [-0.3, -0.25) is 0 Å². The Morgan fingerprint density at radius 1 is 0.833 bits per heavy atom. The van der Waals surface area contributed by atoms with Crippen LogP contribution >= 0.6 is 0 Å². The van der Waals surface area contributed by atoms with Crippen LogP contribution in [-0.2, 0) is 28.1 Å². The van der Waals surface area contributed by atoms with Crippen molar-refractivity contribution in [1.29, 1.82) is 0 Å². The van der Waals surface area contributed by atoms with E-state index in [1.54, 1.807) is 0 Å². The van der Waals surface area contributed by atoms with Crippen LogP contribution in [0, 0.1) is 22.3 Å². The second-order valence-electron chi connectivity index (χ2n) is 0.983. The maximum atomic E-state index is 8.89. The molecule has 0 aromatic heterocycles. The first-order valence-corrected chi connectivity index (χ1v) is 1.82. The minimum atomic E-state index is -1.08. The van der Waals surface area contributed by atoms with E-state index in [-0.39, 0.29) is 40.8 Å². The Bertz CT molecular complexity index is 73.4. The van der Waals surface area contributed by atoms with E-state index in [2.05, 4.69) is 0 Å². The molecular formula is C7H15O4V-3. The van der Waals surface area contributed by atoms with E-state index in [0.717, 1.165) is 13.8 Å². The van der Waals surface area contributed by atoms with Crippen LogP contribution < -0.4 is 10.2 Å². The molecule has 0 aliphatic carbocycles. The first-order chi connectivity index (χ1) is 3.46. The number of carbonyl (C=O) groups excluding carboxylic acids is 2. The first kappa shape index (κ1) is 41.8. The van der Waals surface area contributed by atoms with Crippen LogP contribution in [0.3, 0.4) is 0 Å². The minimum Gasteiger partial charge on any atom is -0.550 e. The fourth-order valence-corrected chi connectivity index (χ4v) is 0. The predicted molar refractivity (Wildman–Crippen MR) is 40.6 cm³/mol. The largest absolute Gasteiger partial charge is 2.00 e. The topological polar surface area (TPSA) is 80.3 Å². The van der Waals surface area contributed by atoms with Crippen molar-refractivity contribution in [3.8, 4) is 0 Å². The zero-order valence-corrected chi connectivity index (χ0v) is 9.48. The van der Waals surface area contributed by atoms with E-state index in [4.69, 9.17) is 19.8 Å². The standard InChI is InChI=1S/2C2H4O2.3CH3.V/c2*1-2(3)4;;;;/h2*1H3,(H,3,4);3*1H3;/q;;3*-1;+2/p-2. The molecule has 75 valence electrons. The Morgan fingerprint density at radius 2 is 0.833 bits per heavy atom. The monoisotopic (exact) mass is 214 g/mol. The SMILES string of the molecule is CC(=O)[O-].CC(=O)[O-].[CH3-].[CH3-].[CH3-].[V+2]. The summed E-state index contributed by atoms with van der Waals surface area (Å²) in [6.45, 7) is 1.94. The summed E-state index contributed by atoms with van der Waals surface area (Å²) in [5, 5.41) is 17.8. The van der Waals surface area contributed by atoms with E-state index in [9.17, 15) is 0 Å². The molecule has 0 fully saturated rings. The van der Waals surface area contributed by atoms with Crippen LogP contribution in [0.4, 0.5) is 0 Å². The molecule has 0 aliphatic rings. The Kier molecular flexibility index (Phi) is 109. The zero-order chi connectivity index (χ0) is 7.15. The molecule has 0 saturated heterocycles. The van der Waals surface area contributed by atoms with Gasteiger partial charge < -0.3 is 42.1 Å². The van der Waals surface area contributed by atoms with Crippen LogP contribution in [0.2, 0.25) is 0 Å². The van der Waals surface area contributed by atoms with Crippen molar-refractivity contribution in [3.63, 3.8) is 0 Å². The number of carboxylic acid groups (broad SMARTS) is 2. The molecule has 0 bridgehead atoms. The van der Waals surface area contributed by atoms with Crippen LogP contribution in [0.5, 0.6) is 0 Å². The fraction of sp³-hybridized carbons (Fsp3) is 0.286. The van der Waals surface area contributed by atoms with Gasteiger partial charge in [-0.05, 0) is 13.8 Å². The zero-order valence-electron chi connectivity index (χ0n) is 8.08. The van der Waals surface area contributed by atoms with Gasteiger partial charge in [-0.25, -0.2) is 0 Å². The molecule has 0 aromatic rings. The molecule has 0 atom stereocenters. The summed E-state index contributed by atoms with van der Waals surface area (Å²) in [5.41, 5.74) is 0. The van der Waals surface area contributed by atoms with Crippen LogP contribution in [0.1, 0.15) is 13.8 Å². The van der Waals surface area contributed by atoms with E-state index in [1.165, 1.54) is 0 Å². The smallest absolute Gasteiger partial charge is 0.550 e. The molecule has 0 spiro atoms. The van der Waals surface area contributed by atoms with Gasteiger partial charge in [-0.1, -0.05) is 0 Å². The Labute approximate surface area is 86.9 Å². The number of hydrogen-bond acceptors (Lipinski definition) is 4. The third-order valence-corrected chi connectivity index (χ3v) is 0. The molecule has 0 aliphatic heterocycles. The Balaban J connectivity index is -0.0000000112. The second-order valence-corrected chi connectivity index (χ2v) is 0.983. The summed E-state index contributed by atoms with van der Waals surface area (Å²) in [5.74, 6) is -2.17. The fourth-order valence-electron chi connectivity index (χ4n) is 0. The molecule has 4 nitrogen and oxygen atoms in total. The molecule has 0 rings (SSSR count). The molecule has 0 amide bonds. The molecule has 0 saturated carbocycles. The van der Waals surface area contributed by atoms with Gasteiger partial charge in [-0.2, -0.15) is 0 Å². The summed E-state index contributed by atoms with van der Waals surface area (Å²) >= 11 is 0. The number of carbonyl (C=O) groups is 2. The second kappa shape index (κ2) is 31.3. The van der Waals surface area contributed by atoms with Gasteiger partial charge in [0.05, 0.1) is 0 Å². The Hall–Kier alpha value is -0.476. The quantitative estimate of drug-likeness (QED) is 0.477. The third-order valence-electron chi connectivity index (χ3n) is 0. The van der Waals surface area contributed by atoms with Crippen molar-refractivity contribution >= 4 is 11.9 Å². The molecule has 0 aromatic carbocycles. The van der Waals surface area contributed by atoms with Crippen molar-refractivity contribution in [1.82, 2.24) is 0 Å². The molecule has 0 heterocycles. The van der Waals surface area contributed by atoms with Crippen molar-refractivity contribution in [3.05, 3.63) is 22.3 Å². The van der Waals surface area contributed by atoms with Gasteiger partial charge in [0.2, 0.25) is 0 Å². The van der Waals surface area contributed by atoms with E-state index in [0.29, 0.717) is 0 Å². The normalized spacial score (nSPS) is 4.17. The summed E-state index contributed by atoms with van der Waals surface area (Å²) in [6.07, 6.45) is 0. The van der Waals surface area contributed by atoms with Crippen molar-refractivity contribution in [2.75, 3.05) is 0 Å². The predicted octanol–water partition coefficient (Wildman–Crippen LogP) is -1.14. The average Bonchev–Trinajstić information content (AvgIpc) is 1.25. The van der Waals surface area contributed by atoms with Gasteiger partial charge in [0.1, 0.15) is 0 Å². The van der Waals surface area contributed by atoms with Gasteiger partial charge in [0.25, 0.3) is 0 Å². The van der Waals surface area contributed by atoms with Crippen LogP contribution in [0.15, 0.2) is 0 Å². The van der Waals surface area contributed by atoms with Crippen LogP contribution in [0.25, 0.3) is 0 Å². The van der Waals surface area contributed by atoms with Crippen molar-refractivity contribution in [2.24, 2.45) is 0 Å². The van der Waals surface area contributed by atoms with Crippen molar-refractivity contribution in [2.45, 2.75) is 13.8 Å². The maximum Gasteiger partial charge on any atom is 2.00 e. The molecule has 0 unspecified atom stereocenters. The summed E-state index contributed by atoms with van der Waals surface area (Å²) < 4.78 is 0. The van der Waals surface area contributed by atoms with E-state index in [1.807, 2.05) is 0 Å². The maximum absolute atomic E-state index is 8.89. The molecular weight excluding hydrogens is 199 g/mol. The number of aliphatic carboxylic acids is 2. The van der Waals surface area contributed by atoms with Gasteiger partial charge in [0, 0.05) is 11.9 Å². The first-order valence-electron chi connectivity index (χ1n) is 1.82. The minimum absolute atomic E-state index is 0. The molecule has 0 N–H and O–H groups in total. The molecule has 12 heavy (non-hydrogen) atoms. The summed E-state index contributed by atoms with van der Waals surface area (Å²) in [6, 6.07) is 0. The average molecular weight is 214 g/mol. The van der Waals surface area contributed by atoms with Gasteiger partial charge >= 0.3 is 18.6 Å². The third kappa shape index (κ3) is 3060. The van der Waals surface area contributed by atoms with Gasteiger partial charge in [-0.15, -0.1) is 0 Å². The van der Waals surface area contributed by atoms with E-state index >= 15 is 0 Å². The molecule has 5 heteroatoms. The summed E-state index contributed by atoms with van der Waals surface area (Å²) in [7, 11) is 0. The Morgan fingerprint density at radius 3 is 0.833 bits per heavy atom. The number of hydrogen-bond donors (Lipinski definition) is 0. The van der Waals surface area contributed by atoms with Gasteiger partial charge in [0.15, 0.2) is 0 Å². The van der Waals surface area contributed by atoms with Crippen molar-refractivity contribution < 1.29 is 38.4 Å².